The summed E-state index contributed by atoms with van der Waals surface area (Å²) in [5, 5.41) is 12.0. The Balaban J connectivity index is 1.18. The molecule has 11 nitrogen and oxygen atoms in total. The molecule has 0 aliphatic carbocycles. The van der Waals surface area contributed by atoms with Crippen molar-refractivity contribution in [2.75, 3.05) is 39.0 Å². The molecular formula is C26H29N9O2. The average molecular weight is 500 g/mol. The average Bonchev–Trinajstić information content (AvgIpc) is 3.66. The lowest BCUT2D eigenvalue weighted by Gasteiger charge is -2.28. The molecule has 11 heteroatoms. The van der Waals surface area contributed by atoms with Gasteiger partial charge in [-0.15, -0.1) is 0 Å². The van der Waals surface area contributed by atoms with Crippen LogP contribution in [0.25, 0.3) is 22.8 Å². The van der Waals surface area contributed by atoms with Crippen LogP contribution < -0.4 is 5.32 Å². The number of hydrogen-bond donors (Lipinski definition) is 1. The molecule has 2 aliphatic heterocycles. The number of carbonyl (C=O) groups excluding carboxylic acids is 1. The SMILES string of the molecule is CN1CCC(n2cc(Nc3nccc(-c4cccc(-c5cc([C@@H]6CCN(C)C6=O)on5)n4)n3)cn2)CC1. The van der Waals surface area contributed by atoms with Crippen molar-refractivity contribution in [2.45, 2.75) is 31.2 Å². The molecule has 2 aliphatic rings. The minimum Gasteiger partial charge on any atom is -0.360 e. The molecule has 0 aromatic carbocycles. The zero-order valence-electron chi connectivity index (χ0n) is 20.9. The van der Waals surface area contributed by atoms with E-state index in [1.54, 1.807) is 18.1 Å². The zero-order valence-corrected chi connectivity index (χ0v) is 20.9. The summed E-state index contributed by atoms with van der Waals surface area (Å²) < 4.78 is 7.56. The number of likely N-dealkylation sites (N-methyl/N-ethyl adjacent to an activating group) is 1. The van der Waals surface area contributed by atoms with Crippen molar-refractivity contribution in [3.05, 3.63) is 54.7 Å². The molecule has 0 spiro atoms. The Morgan fingerprint density at radius 1 is 0.973 bits per heavy atom. The number of carbonyl (C=O) groups is 1. The highest BCUT2D eigenvalue weighted by Gasteiger charge is 2.33. The van der Waals surface area contributed by atoms with Crippen LogP contribution >= 0.6 is 0 Å². The van der Waals surface area contributed by atoms with Crippen molar-refractivity contribution in [1.29, 1.82) is 0 Å². The van der Waals surface area contributed by atoms with Crippen LogP contribution in [-0.4, -0.2) is 79.3 Å². The van der Waals surface area contributed by atoms with Gasteiger partial charge in [-0.25, -0.2) is 15.0 Å². The Morgan fingerprint density at radius 2 is 1.76 bits per heavy atom. The summed E-state index contributed by atoms with van der Waals surface area (Å²) in [6.07, 6.45) is 8.43. The van der Waals surface area contributed by atoms with Gasteiger partial charge in [0.25, 0.3) is 0 Å². The van der Waals surface area contributed by atoms with Gasteiger partial charge in [0, 0.05) is 32.1 Å². The van der Waals surface area contributed by atoms with E-state index in [0.717, 1.165) is 44.6 Å². The van der Waals surface area contributed by atoms with Crippen LogP contribution in [0.1, 0.15) is 37.0 Å². The van der Waals surface area contributed by atoms with Gasteiger partial charge in [0.2, 0.25) is 11.9 Å². The molecule has 1 N–H and O–H groups in total. The normalized spacial score (nSPS) is 19.0. The molecule has 190 valence electrons. The van der Waals surface area contributed by atoms with Crippen LogP contribution in [0.3, 0.4) is 0 Å². The van der Waals surface area contributed by atoms with Crippen molar-refractivity contribution in [3.63, 3.8) is 0 Å². The fourth-order valence-corrected chi connectivity index (χ4v) is 4.93. The Labute approximate surface area is 214 Å². The molecule has 1 amide bonds. The van der Waals surface area contributed by atoms with Crippen molar-refractivity contribution < 1.29 is 9.32 Å². The monoisotopic (exact) mass is 499 g/mol. The van der Waals surface area contributed by atoms with E-state index < -0.39 is 0 Å². The summed E-state index contributed by atoms with van der Waals surface area (Å²) in [4.78, 5) is 30.2. The van der Waals surface area contributed by atoms with Crippen LogP contribution in [0, 0.1) is 0 Å². The first-order valence-corrected chi connectivity index (χ1v) is 12.6. The number of aromatic nitrogens is 6. The summed E-state index contributed by atoms with van der Waals surface area (Å²) in [5.41, 5.74) is 3.45. The summed E-state index contributed by atoms with van der Waals surface area (Å²) >= 11 is 0. The van der Waals surface area contributed by atoms with E-state index in [1.807, 2.05) is 47.4 Å². The zero-order chi connectivity index (χ0) is 25.4. The lowest BCUT2D eigenvalue weighted by atomic mass is 10.0. The molecule has 0 bridgehead atoms. The van der Waals surface area contributed by atoms with Gasteiger partial charge >= 0.3 is 0 Å². The highest BCUT2D eigenvalue weighted by molar-refractivity contribution is 5.85. The van der Waals surface area contributed by atoms with Gasteiger partial charge in [-0.2, -0.15) is 5.10 Å². The molecule has 2 saturated heterocycles. The van der Waals surface area contributed by atoms with Crippen molar-refractivity contribution in [3.8, 4) is 22.8 Å². The van der Waals surface area contributed by atoms with Gasteiger partial charge in [-0.1, -0.05) is 11.2 Å². The van der Waals surface area contributed by atoms with Crippen molar-refractivity contribution in [1.82, 2.24) is 39.7 Å². The highest BCUT2D eigenvalue weighted by atomic mass is 16.5. The van der Waals surface area contributed by atoms with Gasteiger partial charge in [-0.05, 0) is 57.6 Å². The number of anilines is 2. The number of pyridine rings is 1. The van der Waals surface area contributed by atoms with E-state index in [1.165, 1.54) is 0 Å². The third-order valence-corrected chi connectivity index (χ3v) is 7.15. The lowest BCUT2D eigenvalue weighted by molar-refractivity contribution is -0.128. The predicted octanol–water partition coefficient (Wildman–Crippen LogP) is 3.35. The fourth-order valence-electron chi connectivity index (χ4n) is 4.93. The van der Waals surface area contributed by atoms with Crippen LogP contribution in [0.2, 0.25) is 0 Å². The molecule has 2 fully saturated rings. The first kappa shape index (κ1) is 23.3. The van der Waals surface area contributed by atoms with E-state index in [-0.39, 0.29) is 11.8 Å². The van der Waals surface area contributed by atoms with Gasteiger partial charge in [0.15, 0.2) is 0 Å². The second-order valence-corrected chi connectivity index (χ2v) is 9.76. The van der Waals surface area contributed by atoms with Crippen molar-refractivity contribution in [2.24, 2.45) is 0 Å². The standard InChI is InChI=1S/C26H29N9O2/c1-33-11-7-18(8-12-33)35-16-17(15-28-35)29-26-27-10-6-22(31-26)20-4-3-5-21(30-20)23-14-24(37-32-23)19-9-13-34(2)25(19)36/h3-6,10,14-16,18-19H,7-9,11-13H2,1-2H3,(H,27,29,31)/t19-/m0/s1. The maximum Gasteiger partial charge on any atom is 0.233 e. The molecule has 1 atom stereocenters. The Kier molecular flexibility index (Phi) is 6.13. The molecule has 4 aromatic rings. The molecular weight excluding hydrogens is 470 g/mol. The quantitative estimate of drug-likeness (QED) is 0.426. The molecule has 0 unspecified atom stereocenters. The summed E-state index contributed by atoms with van der Waals surface area (Å²) in [6.45, 7) is 2.88. The Bertz CT molecular complexity index is 1410. The van der Waals surface area contributed by atoms with Crippen LogP contribution in [0.4, 0.5) is 11.6 Å². The van der Waals surface area contributed by atoms with E-state index in [2.05, 4.69) is 37.5 Å². The van der Waals surface area contributed by atoms with Gasteiger partial charge in [0.05, 0.1) is 35.0 Å². The largest absolute Gasteiger partial charge is 0.360 e. The predicted molar refractivity (Wildman–Crippen MR) is 137 cm³/mol. The van der Waals surface area contributed by atoms with Crippen LogP contribution in [-0.2, 0) is 4.79 Å². The Hall–Kier alpha value is -4.12. The number of nitrogens with zero attached hydrogens (tertiary/aromatic N) is 8. The maximum absolute atomic E-state index is 12.3. The van der Waals surface area contributed by atoms with Gasteiger partial charge < -0.3 is 19.6 Å². The van der Waals surface area contributed by atoms with E-state index in [4.69, 9.17) is 9.51 Å². The number of nitrogens with one attached hydrogen (secondary N) is 1. The molecule has 6 rings (SSSR count). The van der Waals surface area contributed by atoms with E-state index >= 15 is 0 Å². The first-order valence-electron chi connectivity index (χ1n) is 12.6. The summed E-state index contributed by atoms with van der Waals surface area (Å²) in [5.74, 6) is 0.821. The summed E-state index contributed by atoms with van der Waals surface area (Å²) in [6, 6.07) is 9.70. The number of amides is 1. The third-order valence-electron chi connectivity index (χ3n) is 7.15. The minimum atomic E-state index is -0.284. The number of hydrogen-bond acceptors (Lipinski definition) is 9. The fraction of sp³-hybridized carbons (Fsp3) is 0.385. The number of rotatable bonds is 6. The van der Waals surface area contributed by atoms with Crippen molar-refractivity contribution >= 4 is 17.5 Å². The smallest absolute Gasteiger partial charge is 0.233 e. The van der Waals surface area contributed by atoms with Crippen LogP contribution in [0.5, 0.6) is 0 Å². The Morgan fingerprint density at radius 3 is 2.54 bits per heavy atom. The topological polar surface area (TPSA) is 118 Å². The second kappa shape index (κ2) is 9.74. The minimum absolute atomic E-state index is 0.0577. The van der Waals surface area contributed by atoms with Gasteiger partial charge in [-0.3, -0.25) is 9.48 Å². The highest BCUT2D eigenvalue weighted by Crippen LogP contribution is 2.31. The first-order chi connectivity index (χ1) is 18.0. The molecule has 4 aromatic heterocycles. The number of likely N-dealkylation sites (tertiary alicyclic amines) is 2. The second-order valence-electron chi connectivity index (χ2n) is 9.76. The van der Waals surface area contributed by atoms with E-state index in [9.17, 15) is 4.79 Å². The maximum atomic E-state index is 12.3. The molecule has 37 heavy (non-hydrogen) atoms. The summed E-state index contributed by atoms with van der Waals surface area (Å²) in [7, 11) is 3.96. The molecule has 6 heterocycles. The molecule has 0 radical (unpaired) electrons. The molecule has 0 saturated carbocycles. The van der Waals surface area contributed by atoms with Gasteiger partial charge in [0.1, 0.15) is 17.4 Å². The number of piperidine rings is 1. The van der Waals surface area contributed by atoms with E-state index in [0.29, 0.717) is 40.5 Å². The third kappa shape index (κ3) is 4.82. The van der Waals surface area contributed by atoms with Crippen LogP contribution in [0.15, 0.2) is 53.4 Å². The lowest BCUT2D eigenvalue weighted by Crippen LogP contribution is -2.31.